The number of carbonyl (C=O) groups excluding carboxylic acids is 1. The van der Waals surface area contributed by atoms with Gasteiger partial charge in [-0.3, -0.25) is 4.79 Å². The fraction of sp³-hybridized carbons (Fsp3) is 0.593. The molecule has 1 aliphatic carbocycles. The number of hydrogen-bond acceptors (Lipinski definition) is 8. The van der Waals surface area contributed by atoms with Crippen LogP contribution < -0.4 is 9.80 Å². The molecule has 0 bridgehead atoms. The maximum Gasteiger partial charge on any atom is 0.394 e. The highest BCUT2D eigenvalue weighted by Gasteiger charge is 2.52. The van der Waals surface area contributed by atoms with Gasteiger partial charge in [0, 0.05) is 48.9 Å². The number of alkyl halides is 3. The minimum atomic E-state index is -4.36. The molecule has 4 atom stereocenters. The molecule has 5 heterocycles. The molecule has 0 aromatic carbocycles. The summed E-state index contributed by atoms with van der Waals surface area (Å²) in [6, 6.07) is 5.27. The molecule has 0 unspecified atom stereocenters. The summed E-state index contributed by atoms with van der Waals surface area (Å²) >= 11 is 0. The number of piperazine rings is 1. The zero-order valence-electron chi connectivity index (χ0n) is 21.9. The quantitative estimate of drug-likeness (QED) is 0.580. The Morgan fingerprint density at radius 1 is 1.15 bits per heavy atom. The highest BCUT2D eigenvalue weighted by molar-refractivity contribution is 5.82. The number of amides is 1. The van der Waals surface area contributed by atoms with Crippen molar-refractivity contribution < 1.29 is 22.7 Å². The largest absolute Gasteiger partial charge is 0.394 e. The first-order chi connectivity index (χ1) is 18.6. The number of nitriles is 1. The number of pyridine rings is 1. The maximum atomic E-state index is 13.2. The first-order valence-corrected chi connectivity index (χ1v) is 13.4. The summed E-state index contributed by atoms with van der Waals surface area (Å²) in [6.45, 7) is 5.00. The van der Waals surface area contributed by atoms with E-state index in [0.29, 0.717) is 31.0 Å². The Bertz CT molecular complexity index is 1330. The topological polar surface area (TPSA) is 98.5 Å². The van der Waals surface area contributed by atoms with Gasteiger partial charge in [0.1, 0.15) is 29.9 Å². The van der Waals surface area contributed by atoms with Crippen molar-refractivity contribution in [2.75, 3.05) is 36.0 Å². The zero-order valence-corrected chi connectivity index (χ0v) is 21.9. The van der Waals surface area contributed by atoms with Crippen LogP contribution >= 0.6 is 0 Å². The molecule has 2 aromatic heterocycles. The molecule has 206 valence electrons. The van der Waals surface area contributed by atoms with E-state index in [1.807, 2.05) is 13.8 Å². The van der Waals surface area contributed by atoms with Crippen LogP contribution in [0.1, 0.15) is 50.7 Å². The van der Waals surface area contributed by atoms with Gasteiger partial charge in [-0.15, -0.1) is 0 Å². The molecule has 1 saturated carbocycles. The molecule has 6 rings (SSSR count). The Labute approximate surface area is 224 Å². The summed E-state index contributed by atoms with van der Waals surface area (Å²) in [5.74, 6) is 0.319. The van der Waals surface area contributed by atoms with Crippen molar-refractivity contribution in [1.82, 2.24) is 19.9 Å². The van der Waals surface area contributed by atoms with Gasteiger partial charge in [-0.25, -0.2) is 15.0 Å². The van der Waals surface area contributed by atoms with Crippen molar-refractivity contribution in [2.45, 2.75) is 69.3 Å². The van der Waals surface area contributed by atoms with E-state index in [4.69, 9.17) is 9.72 Å². The zero-order chi connectivity index (χ0) is 27.5. The van der Waals surface area contributed by atoms with Crippen molar-refractivity contribution in [1.29, 1.82) is 5.26 Å². The third-order valence-corrected chi connectivity index (χ3v) is 8.79. The van der Waals surface area contributed by atoms with Crippen LogP contribution in [0.3, 0.4) is 0 Å². The molecule has 9 nitrogen and oxygen atoms in total. The average Bonchev–Trinajstić information content (AvgIpc) is 3.53. The van der Waals surface area contributed by atoms with E-state index >= 15 is 0 Å². The summed E-state index contributed by atoms with van der Waals surface area (Å²) < 4.78 is 44.8. The Balaban J connectivity index is 1.27. The van der Waals surface area contributed by atoms with E-state index in [2.05, 4.69) is 25.8 Å². The Hall–Kier alpha value is -3.46. The van der Waals surface area contributed by atoms with Gasteiger partial charge in [0.25, 0.3) is 5.91 Å². The molecule has 2 aromatic rings. The van der Waals surface area contributed by atoms with Gasteiger partial charge in [-0.2, -0.15) is 18.4 Å². The SMILES string of the molecule is C[C@@H]1CN(c2ncnc3c2C2(CCC2)CN3c2cc(C#N)ccn2)[C@@H](C)CN1C(=O)[C@@H]1C[C@@H](C(F)(F)F)CO1. The second-order valence-corrected chi connectivity index (χ2v) is 11.3. The second-order valence-electron chi connectivity index (χ2n) is 11.3. The number of halogens is 3. The van der Waals surface area contributed by atoms with Gasteiger partial charge < -0.3 is 19.4 Å². The van der Waals surface area contributed by atoms with Crippen LogP contribution in [0.25, 0.3) is 0 Å². The average molecular weight is 542 g/mol. The van der Waals surface area contributed by atoms with Crippen LogP contribution in [0.4, 0.5) is 30.6 Å². The normalized spacial score (nSPS) is 27.8. The van der Waals surface area contributed by atoms with E-state index in [-0.39, 0.29) is 29.8 Å². The fourth-order valence-electron chi connectivity index (χ4n) is 6.50. The van der Waals surface area contributed by atoms with Crippen LogP contribution in [-0.2, 0) is 14.9 Å². The summed E-state index contributed by atoms with van der Waals surface area (Å²) in [6.07, 6.45) is 0.510. The van der Waals surface area contributed by atoms with E-state index in [1.165, 1.54) is 0 Å². The monoisotopic (exact) mass is 541 g/mol. The number of ether oxygens (including phenoxy) is 1. The molecule has 3 fully saturated rings. The highest BCUT2D eigenvalue weighted by Crippen LogP contribution is 2.56. The van der Waals surface area contributed by atoms with Crippen LogP contribution in [-0.4, -0.2) is 76.4 Å². The first kappa shape index (κ1) is 25.8. The van der Waals surface area contributed by atoms with Crippen molar-refractivity contribution in [3.8, 4) is 6.07 Å². The molecule has 2 saturated heterocycles. The van der Waals surface area contributed by atoms with E-state index in [0.717, 1.165) is 36.5 Å². The number of anilines is 3. The number of hydrogen-bond donors (Lipinski definition) is 0. The van der Waals surface area contributed by atoms with E-state index in [1.54, 1.807) is 29.6 Å². The number of nitrogens with zero attached hydrogens (tertiary/aromatic N) is 7. The second kappa shape index (κ2) is 9.33. The van der Waals surface area contributed by atoms with Crippen molar-refractivity contribution in [3.63, 3.8) is 0 Å². The molecule has 39 heavy (non-hydrogen) atoms. The Morgan fingerprint density at radius 2 is 1.92 bits per heavy atom. The fourth-order valence-corrected chi connectivity index (χ4v) is 6.50. The lowest BCUT2D eigenvalue weighted by Gasteiger charge is -2.47. The highest BCUT2D eigenvalue weighted by atomic mass is 19.4. The molecule has 0 N–H and O–H groups in total. The molecule has 1 amide bonds. The lowest BCUT2D eigenvalue weighted by atomic mass is 9.66. The molecule has 4 aliphatic rings. The van der Waals surface area contributed by atoms with Gasteiger partial charge in [0.15, 0.2) is 0 Å². The Morgan fingerprint density at radius 3 is 2.59 bits per heavy atom. The van der Waals surface area contributed by atoms with Gasteiger partial charge in [0.05, 0.1) is 24.2 Å². The van der Waals surface area contributed by atoms with Crippen LogP contribution in [0, 0.1) is 17.2 Å². The van der Waals surface area contributed by atoms with E-state index in [9.17, 15) is 23.2 Å². The predicted molar refractivity (Wildman–Crippen MR) is 135 cm³/mol. The summed E-state index contributed by atoms with van der Waals surface area (Å²) in [4.78, 5) is 33.1. The minimum absolute atomic E-state index is 0.115. The molecule has 0 radical (unpaired) electrons. The van der Waals surface area contributed by atoms with E-state index < -0.39 is 24.8 Å². The molecule has 3 aliphatic heterocycles. The number of fused-ring (bicyclic) bond motifs is 2. The van der Waals surface area contributed by atoms with Crippen molar-refractivity contribution in [3.05, 3.63) is 35.8 Å². The summed E-state index contributed by atoms with van der Waals surface area (Å²) in [5, 5.41) is 9.39. The van der Waals surface area contributed by atoms with Gasteiger partial charge in [-0.1, -0.05) is 6.42 Å². The van der Waals surface area contributed by atoms with Gasteiger partial charge >= 0.3 is 6.18 Å². The summed E-state index contributed by atoms with van der Waals surface area (Å²) in [7, 11) is 0. The number of carbonyl (C=O) groups is 1. The maximum absolute atomic E-state index is 13.2. The van der Waals surface area contributed by atoms with Crippen LogP contribution in [0.15, 0.2) is 24.7 Å². The van der Waals surface area contributed by atoms with Gasteiger partial charge in [-0.05, 0) is 45.2 Å². The van der Waals surface area contributed by atoms with Gasteiger partial charge in [0.2, 0.25) is 0 Å². The lowest BCUT2D eigenvalue weighted by molar-refractivity contribution is -0.173. The van der Waals surface area contributed by atoms with Crippen molar-refractivity contribution >= 4 is 23.4 Å². The third-order valence-electron chi connectivity index (χ3n) is 8.79. The molecular weight excluding hydrogens is 511 g/mol. The molecule has 1 spiro atoms. The van der Waals surface area contributed by atoms with Crippen molar-refractivity contribution in [2.24, 2.45) is 5.92 Å². The Kier molecular flexibility index (Phi) is 6.17. The van der Waals surface area contributed by atoms with Crippen LogP contribution in [0.2, 0.25) is 0 Å². The molecular formula is C27H30F3N7O2. The molecule has 12 heteroatoms. The first-order valence-electron chi connectivity index (χ1n) is 13.4. The number of rotatable bonds is 3. The number of aromatic nitrogens is 3. The summed E-state index contributed by atoms with van der Waals surface area (Å²) in [5.41, 5.74) is 1.49. The smallest absolute Gasteiger partial charge is 0.368 e. The predicted octanol–water partition coefficient (Wildman–Crippen LogP) is 3.71. The third kappa shape index (κ3) is 4.27. The van der Waals surface area contributed by atoms with Crippen LogP contribution in [0.5, 0.6) is 0 Å². The minimum Gasteiger partial charge on any atom is -0.368 e. The standard InChI is InChI=1S/C27H30F3N7O2/c1-16-12-36(25(38)20-9-19(13-39-20)27(28,29)30)17(2)11-35(16)23-22-24(34-15-33-23)37(14-26(22)5-3-6-26)21-8-18(10-31)4-7-32-21/h4,7-8,15-17,19-20H,3,5-6,9,11-14H2,1-2H3/t16-,17+,19+,20-/m0/s1. The lowest BCUT2D eigenvalue weighted by Crippen LogP contribution is -2.60.